The number of nitrogens with two attached hydrogens (primary N) is 2. The van der Waals surface area contributed by atoms with Gasteiger partial charge in [-0.3, -0.25) is 0 Å². The average molecular weight is 429 g/mol. The molecule has 4 N–H and O–H groups in total. The Hall–Kier alpha value is -3.99. The van der Waals surface area contributed by atoms with Gasteiger partial charge in [0.05, 0.1) is 0 Å². The third-order valence-corrected chi connectivity index (χ3v) is 5.48. The van der Waals surface area contributed by atoms with Gasteiger partial charge in [0.15, 0.2) is 0 Å². The number of anilines is 2. The van der Waals surface area contributed by atoms with Crippen LogP contribution in [-0.2, 0) is 5.41 Å². The van der Waals surface area contributed by atoms with E-state index in [-0.39, 0.29) is 0 Å². The maximum absolute atomic E-state index is 14.3. The van der Waals surface area contributed by atoms with Crippen molar-refractivity contribution >= 4 is 11.4 Å². The first-order chi connectivity index (χ1) is 15.5. The summed E-state index contributed by atoms with van der Waals surface area (Å²) < 4.78 is 26.0. The molecule has 162 valence electrons. The molecule has 0 unspecified atom stereocenters. The summed E-state index contributed by atoms with van der Waals surface area (Å²) in [6, 6.07) is 29.3. The summed E-state index contributed by atoms with van der Waals surface area (Å²) in [5, 5.41) is 0. The second-order valence-electron chi connectivity index (χ2n) is 7.86. The van der Waals surface area contributed by atoms with Crippen LogP contribution in [0.5, 0.6) is 23.0 Å². The van der Waals surface area contributed by atoms with E-state index in [1.54, 1.807) is 24.3 Å². The Morgan fingerprint density at radius 3 is 1.12 bits per heavy atom. The van der Waals surface area contributed by atoms with E-state index in [1.165, 1.54) is 0 Å². The van der Waals surface area contributed by atoms with Gasteiger partial charge in [-0.15, -0.1) is 0 Å². The van der Waals surface area contributed by atoms with E-state index < -0.39 is 12.1 Å². The number of rotatable bonds is 7. The van der Waals surface area contributed by atoms with Crippen molar-refractivity contribution < 1.29 is 13.9 Å². The van der Waals surface area contributed by atoms with Crippen molar-refractivity contribution in [2.24, 2.45) is 0 Å². The minimum Gasteiger partial charge on any atom is -0.457 e. The van der Waals surface area contributed by atoms with Crippen molar-refractivity contribution in [3.05, 3.63) is 108 Å². The summed E-state index contributed by atoms with van der Waals surface area (Å²) in [6.45, 7) is 1.35. The molecule has 4 rings (SSSR count). The van der Waals surface area contributed by atoms with Gasteiger partial charge in [0.1, 0.15) is 29.7 Å². The van der Waals surface area contributed by atoms with E-state index in [9.17, 15) is 4.39 Å². The van der Waals surface area contributed by atoms with Crippen molar-refractivity contribution in [3.63, 3.8) is 0 Å². The first kappa shape index (κ1) is 21.2. The normalized spacial score (nSPS) is 11.2. The van der Waals surface area contributed by atoms with E-state index in [0.717, 1.165) is 11.1 Å². The molecule has 4 aromatic rings. The van der Waals surface area contributed by atoms with Crippen LogP contribution in [-0.4, -0.2) is 6.67 Å². The number of benzene rings is 4. The van der Waals surface area contributed by atoms with E-state index >= 15 is 0 Å². The van der Waals surface area contributed by atoms with Gasteiger partial charge >= 0.3 is 0 Å². The third-order valence-electron chi connectivity index (χ3n) is 5.48. The lowest BCUT2D eigenvalue weighted by Crippen LogP contribution is -2.26. The molecule has 32 heavy (non-hydrogen) atoms. The van der Waals surface area contributed by atoms with Gasteiger partial charge in [-0.1, -0.05) is 24.3 Å². The van der Waals surface area contributed by atoms with Crippen molar-refractivity contribution in [1.82, 2.24) is 0 Å². The fourth-order valence-corrected chi connectivity index (χ4v) is 3.45. The smallest absolute Gasteiger partial charge is 0.127 e. The van der Waals surface area contributed by atoms with Gasteiger partial charge in [-0.05, 0) is 90.8 Å². The Bertz CT molecular complexity index is 1070. The van der Waals surface area contributed by atoms with Crippen LogP contribution in [0.25, 0.3) is 0 Å². The molecule has 0 heterocycles. The Kier molecular flexibility index (Phi) is 5.99. The highest BCUT2D eigenvalue weighted by molar-refractivity contribution is 5.47. The van der Waals surface area contributed by atoms with Gasteiger partial charge < -0.3 is 20.9 Å². The second-order valence-corrected chi connectivity index (χ2v) is 7.86. The number of nitrogen functional groups attached to an aromatic ring is 2. The first-order valence-electron chi connectivity index (χ1n) is 10.3. The fraction of sp³-hybridized carbons (Fsp3) is 0.111. The summed E-state index contributed by atoms with van der Waals surface area (Å²) in [4.78, 5) is 0. The molecule has 0 saturated carbocycles. The number of ether oxygens (including phenoxy) is 2. The quantitative estimate of drug-likeness (QED) is 0.321. The van der Waals surface area contributed by atoms with Crippen LogP contribution in [0.1, 0.15) is 18.1 Å². The highest BCUT2D eigenvalue weighted by Gasteiger charge is 2.29. The van der Waals surface area contributed by atoms with E-state index in [0.29, 0.717) is 34.4 Å². The molecule has 0 bridgehead atoms. The fourth-order valence-electron chi connectivity index (χ4n) is 3.45. The van der Waals surface area contributed by atoms with Gasteiger partial charge in [0, 0.05) is 16.8 Å². The maximum Gasteiger partial charge on any atom is 0.127 e. The van der Waals surface area contributed by atoms with Crippen LogP contribution in [0.2, 0.25) is 0 Å². The SMILES string of the molecule is CC(CF)(c1ccc(Oc2ccc(N)cc2)cc1)c1ccc(Oc2ccc(N)cc2)cc1. The number of alkyl halides is 1. The predicted octanol–water partition coefficient (Wildman–Crippen LogP) is 6.71. The minimum absolute atomic E-state index is 0.538. The predicted molar refractivity (Wildman–Crippen MR) is 127 cm³/mol. The van der Waals surface area contributed by atoms with Gasteiger partial charge in [-0.25, -0.2) is 4.39 Å². The molecule has 0 aromatic heterocycles. The minimum atomic E-state index is -0.792. The van der Waals surface area contributed by atoms with Gasteiger partial charge in [0.25, 0.3) is 0 Å². The van der Waals surface area contributed by atoms with Gasteiger partial charge in [-0.2, -0.15) is 0 Å². The molecule has 0 aliphatic rings. The average Bonchev–Trinajstić information content (AvgIpc) is 2.82. The van der Waals surface area contributed by atoms with Crippen LogP contribution in [0.15, 0.2) is 97.1 Å². The Balaban J connectivity index is 1.50. The summed E-state index contributed by atoms with van der Waals surface area (Å²) in [6.07, 6.45) is 0. The number of hydrogen-bond donors (Lipinski definition) is 2. The van der Waals surface area contributed by atoms with Crippen LogP contribution in [0, 0.1) is 0 Å². The van der Waals surface area contributed by atoms with Crippen molar-refractivity contribution in [2.45, 2.75) is 12.3 Å². The largest absolute Gasteiger partial charge is 0.457 e. The van der Waals surface area contributed by atoms with Crippen LogP contribution in [0.4, 0.5) is 15.8 Å². The molecule has 0 fully saturated rings. The van der Waals surface area contributed by atoms with Crippen molar-refractivity contribution in [1.29, 1.82) is 0 Å². The molecule has 0 spiro atoms. The molecule has 0 aliphatic carbocycles. The van der Waals surface area contributed by atoms with Crippen LogP contribution in [0.3, 0.4) is 0 Å². The van der Waals surface area contributed by atoms with E-state index in [4.69, 9.17) is 20.9 Å². The molecule has 0 aliphatic heterocycles. The van der Waals surface area contributed by atoms with E-state index in [2.05, 4.69) is 0 Å². The molecule has 4 nitrogen and oxygen atoms in total. The van der Waals surface area contributed by atoms with Crippen LogP contribution < -0.4 is 20.9 Å². The van der Waals surface area contributed by atoms with Gasteiger partial charge in [0.2, 0.25) is 0 Å². The first-order valence-corrected chi connectivity index (χ1v) is 10.3. The monoisotopic (exact) mass is 428 g/mol. The highest BCUT2D eigenvalue weighted by Crippen LogP contribution is 2.35. The lowest BCUT2D eigenvalue weighted by atomic mass is 9.77. The summed E-state index contributed by atoms with van der Waals surface area (Å²) in [5.41, 5.74) is 13.7. The molecule has 0 saturated heterocycles. The summed E-state index contributed by atoms with van der Waals surface area (Å²) in [5.74, 6) is 2.73. The third kappa shape index (κ3) is 4.67. The lowest BCUT2D eigenvalue weighted by Gasteiger charge is -2.28. The van der Waals surface area contributed by atoms with Crippen LogP contribution >= 0.6 is 0 Å². The highest BCUT2D eigenvalue weighted by atomic mass is 19.1. The summed E-state index contributed by atoms with van der Waals surface area (Å²) >= 11 is 0. The number of hydrogen-bond acceptors (Lipinski definition) is 4. The Morgan fingerprint density at radius 2 is 0.844 bits per heavy atom. The maximum atomic E-state index is 14.3. The Labute approximate surface area is 187 Å². The molecule has 0 atom stereocenters. The second kappa shape index (κ2) is 9.02. The standard InChI is InChI=1S/C27H25FN2O2/c1-27(18-28,19-2-10-23(11-3-19)31-25-14-6-21(29)7-15-25)20-4-12-24(13-5-20)32-26-16-8-22(30)9-17-26/h2-17H,18,29-30H2,1H3. The molecule has 0 amide bonds. The molecule has 0 radical (unpaired) electrons. The van der Waals surface area contributed by atoms with Crippen molar-refractivity contribution in [3.8, 4) is 23.0 Å². The van der Waals surface area contributed by atoms with Crippen molar-refractivity contribution in [2.75, 3.05) is 18.1 Å². The molecule has 4 aromatic carbocycles. The summed E-state index contributed by atoms with van der Waals surface area (Å²) in [7, 11) is 0. The lowest BCUT2D eigenvalue weighted by molar-refractivity contribution is 0.372. The van der Waals surface area contributed by atoms with E-state index in [1.807, 2.05) is 79.7 Å². The molecular weight excluding hydrogens is 403 g/mol. The molecule has 5 heteroatoms. The number of halogens is 1. The molecular formula is C27H25FN2O2. The topological polar surface area (TPSA) is 70.5 Å². The zero-order valence-corrected chi connectivity index (χ0v) is 17.8. The zero-order valence-electron chi connectivity index (χ0n) is 17.8. The zero-order chi connectivity index (χ0) is 22.6. The Morgan fingerprint density at radius 1 is 0.562 bits per heavy atom.